The van der Waals surface area contributed by atoms with Gasteiger partial charge < -0.3 is 18.9 Å². The first kappa shape index (κ1) is 17.0. The Labute approximate surface area is 148 Å². The van der Waals surface area contributed by atoms with E-state index in [0.29, 0.717) is 6.61 Å². The molecule has 0 N–H and O–H groups in total. The van der Waals surface area contributed by atoms with E-state index in [2.05, 4.69) is 10.1 Å². The van der Waals surface area contributed by atoms with Crippen LogP contribution in [0.15, 0.2) is 10.6 Å². The summed E-state index contributed by atoms with van der Waals surface area (Å²) in [5.41, 5.74) is 0.852. The average molecular weight is 349 g/mol. The van der Waals surface area contributed by atoms with E-state index >= 15 is 0 Å². The number of ether oxygens (including phenoxy) is 2. The van der Waals surface area contributed by atoms with Crippen molar-refractivity contribution in [2.45, 2.75) is 50.9 Å². The highest BCUT2D eigenvalue weighted by atomic mass is 16.5. The van der Waals surface area contributed by atoms with Crippen LogP contribution in [0.5, 0.6) is 0 Å². The number of hydrogen-bond donors (Lipinski definition) is 0. The topological polar surface area (TPSA) is 68.0 Å². The molecule has 7 heteroatoms. The first-order valence-electron chi connectivity index (χ1n) is 9.30. The number of amides is 1. The van der Waals surface area contributed by atoms with Crippen molar-refractivity contribution in [3.05, 3.63) is 17.5 Å². The Morgan fingerprint density at radius 1 is 1.40 bits per heavy atom. The van der Waals surface area contributed by atoms with Crippen LogP contribution in [0.1, 0.15) is 37.1 Å². The van der Waals surface area contributed by atoms with Gasteiger partial charge in [-0.2, -0.15) is 0 Å². The summed E-state index contributed by atoms with van der Waals surface area (Å²) in [5.74, 6) is 0.977. The van der Waals surface area contributed by atoms with Crippen LogP contribution in [-0.2, 0) is 20.8 Å². The molecular formula is C18H27N3O4. The van der Waals surface area contributed by atoms with Gasteiger partial charge in [-0.25, -0.2) is 0 Å². The molecule has 1 aromatic heterocycles. The van der Waals surface area contributed by atoms with Gasteiger partial charge in [0, 0.05) is 51.8 Å². The molecule has 0 aliphatic carbocycles. The highest BCUT2D eigenvalue weighted by Crippen LogP contribution is 2.36. The van der Waals surface area contributed by atoms with Crippen molar-refractivity contribution >= 4 is 5.91 Å². The fourth-order valence-corrected chi connectivity index (χ4v) is 4.19. The van der Waals surface area contributed by atoms with E-state index in [0.717, 1.165) is 69.9 Å². The standard InChI is InChI=1S/C18H27N3O4/c1-14-8-15(19-25-14)10-20-12-18(13-20)9-16(4-7-24-18)23-11-17(22)21-5-2-3-6-21/h8,16H,2-7,9-13H2,1H3/t16-/m1/s1. The molecule has 0 unspecified atom stereocenters. The number of carbonyl (C=O) groups excluding carboxylic acids is 1. The minimum atomic E-state index is -0.113. The Kier molecular flexibility index (Phi) is 4.80. The molecule has 1 spiro atoms. The third kappa shape index (κ3) is 3.88. The Bertz CT molecular complexity index is 605. The number of aryl methyl sites for hydroxylation is 1. The maximum absolute atomic E-state index is 12.1. The van der Waals surface area contributed by atoms with Gasteiger partial charge in [-0.05, 0) is 26.2 Å². The zero-order valence-electron chi connectivity index (χ0n) is 14.9. The van der Waals surface area contributed by atoms with Crippen LogP contribution >= 0.6 is 0 Å². The van der Waals surface area contributed by atoms with E-state index in [4.69, 9.17) is 14.0 Å². The van der Waals surface area contributed by atoms with Crippen LogP contribution in [0.2, 0.25) is 0 Å². The van der Waals surface area contributed by atoms with Gasteiger partial charge in [0.25, 0.3) is 0 Å². The smallest absolute Gasteiger partial charge is 0.248 e. The molecule has 0 radical (unpaired) electrons. The molecule has 3 fully saturated rings. The molecule has 7 nitrogen and oxygen atoms in total. The van der Waals surface area contributed by atoms with Gasteiger partial charge in [-0.1, -0.05) is 5.16 Å². The largest absolute Gasteiger partial charge is 0.372 e. The lowest BCUT2D eigenvalue weighted by Crippen LogP contribution is -2.65. The van der Waals surface area contributed by atoms with E-state index in [1.165, 1.54) is 0 Å². The lowest BCUT2D eigenvalue weighted by molar-refractivity contribution is -0.200. The van der Waals surface area contributed by atoms with Crippen LogP contribution in [0, 0.1) is 6.92 Å². The Balaban J connectivity index is 1.22. The fraction of sp³-hybridized carbons (Fsp3) is 0.778. The molecule has 1 amide bonds. The molecule has 3 saturated heterocycles. The highest BCUT2D eigenvalue weighted by Gasteiger charge is 2.48. The molecule has 138 valence electrons. The second kappa shape index (κ2) is 7.05. The summed E-state index contributed by atoms with van der Waals surface area (Å²) in [4.78, 5) is 16.4. The molecule has 1 atom stereocenters. The Morgan fingerprint density at radius 3 is 2.92 bits per heavy atom. The van der Waals surface area contributed by atoms with Gasteiger partial charge in [0.2, 0.25) is 5.91 Å². The number of hydrogen-bond acceptors (Lipinski definition) is 6. The van der Waals surface area contributed by atoms with Crippen molar-refractivity contribution in [3.63, 3.8) is 0 Å². The number of carbonyl (C=O) groups is 1. The average Bonchev–Trinajstić information content (AvgIpc) is 3.23. The molecule has 4 heterocycles. The third-order valence-corrected chi connectivity index (χ3v) is 5.43. The Morgan fingerprint density at radius 2 is 2.20 bits per heavy atom. The van der Waals surface area contributed by atoms with Crippen molar-refractivity contribution < 1.29 is 18.8 Å². The molecule has 0 bridgehead atoms. The van der Waals surface area contributed by atoms with Gasteiger partial charge in [0.05, 0.1) is 17.4 Å². The zero-order chi connectivity index (χ0) is 17.3. The summed E-state index contributed by atoms with van der Waals surface area (Å²) in [7, 11) is 0. The predicted molar refractivity (Wildman–Crippen MR) is 90.0 cm³/mol. The van der Waals surface area contributed by atoms with E-state index in [1.807, 2.05) is 17.9 Å². The normalized spacial score (nSPS) is 26.1. The summed E-state index contributed by atoms with van der Waals surface area (Å²) < 4.78 is 17.1. The van der Waals surface area contributed by atoms with Gasteiger partial charge in [0.15, 0.2) is 0 Å². The van der Waals surface area contributed by atoms with Crippen molar-refractivity contribution in [1.29, 1.82) is 0 Å². The van der Waals surface area contributed by atoms with E-state index in [1.54, 1.807) is 0 Å². The molecule has 1 aromatic rings. The summed E-state index contributed by atoms with van der Waals surface area (Å²) in [6.45, 7) is 7.16. The van der Waals surface area contributed by atoms with Crippen LogP contribution in [0.4, 0.5) is 0 Å². The second-order valence-electron chi connectivity index (χ2n) is 7.62. The minimum absolute atomic E-state index is 0.113. The minimum Gasteiger partial charge on any atom is -0.372 e. The third-order valence-electron chi connectivity index (χ3n) is 5.43. The SMILES string of the molecule is Cc1cc(CN2CC3(C[C@H](OCC(=O)N4CCCC4)CCO3)C2)no1. The van der Waals surface area contributed by atoms with E-state index in [9.17, 15) is 4.79 Å². The predicted octanol–water partition coefficient (Wildman–Crippen LogP) is 1.36. The molecule has 3 aliphatic rings. The van der Waals surface area contributed by atoms with Gasteiger partial charge >= 0.3 is 0 Å². The molecule has 25 heavy (non-hydrogen) atoms. The van der Waals surface area contributed by atoms with Crippen molar-refractivity contribution in [2.24, 2.45) is 0 Å². The second-order valence-corrected chi connectivity index (χ2v) is 7.62. The van der Waals surface area contributed by atoms with Gasteiger partial charge in [-0.3, -0.25) is 9.69 Å². The lowest BCUT2D eigenvalue weighted by atomic mass is 9.84. The first-order valence-corrected chi connectivity index (χ1v) is 9.30. The molecule has 0 aromatic carbocycles. The number of rotatable bonds is 5. The number of aromatic nitrogens is 1. The summed E-state index contributed by atoms with van der Waals surface area (Å²) in [6, 6.07) is 1.97. The number of nitrogens with zero attached hydrogens (tertiary/aromatic N) is 3. The maximum Gasteiger partial charge on any atom is 0.248 e. The monoisotopic (exact) mass is 349 g/mol. The Hall–Kier alpha value is -1.44. The van der Waals surface area contributed by atoms with Crippen LogP contribution in [-0.4, -0.2) is 72.0 Å². The van der Waals surface area contributed by atoms with Crippen molar-refractivity contribution in [1.82, 2.24) is 15.0 Å². The summed E-state index contributed by atoms with van der Waals surface area (Å²) >= 11 is 0. The van der Waals surface area contributed by atoms with E-state index in [-0.39, 0.29) is 24.2 Å². The summed E-state index contributed by atoms with van der Waals surface area (Å²) in [6.07, 6.45) is 4.10. The molecule has 4 rings (SSSR count). The van der Waals surface area contributed by atoms with Gasteiger partial charge in [0.1, 0.15) is 12.4 Å². The maximum atomic E-state index is 12.1. The van der Waals surface area contributed by atoms with Gasteiger partial charge in [-0.15, -0.1) is 0 Å². The fourth-order valence-electron chi connectivity index (χ4n) is 4.19. The molecular weight excluding hydrogens is 322 g/mol. The quantitative estimate of drug-likeness (QED) is 0.799. The number of likely N-dealkylation sites (tertiary alicyclic amines) is 2. The lowest BCUT2D eigenvalue weighted by Gasteiger charge is -2.53. The zero-order valence-corrected chi connectivity index (χ0v) is 14.9. The van der Waals surface area contributed by atoms with Crippen LogP contribution < -0.4 is 0 Å². The molecule has 0 saturated carbocycles. The van der Waals surface area contributed by atoms with Crippen molar-refractivity contribution in [2.75, 3.05) is 39.4 Å². The highest BCUT2D eigenvalue weighted by molar-refractivity contribution is 5.77. The van der Waals surface area contributed by atoms with Crippen molar-refractivity contribution in [3.8, 4) is 0 Å². The molecule has 3 aliphatic heterocycles. The first-order chi connectivity index (χ1) is 12.1. The van der Waals surface area contributed by atoms with Crippen LogP contribution in [0.3, 0.4) is 0 Å². The van der Waals surface area contributed by atoms with Crippen LogP contribution in [0.25, 0.3) is 0 Å². The summed E-state index contributed by atoms with van der Waals surface area (Å²) in [5, 5.41) is 4.05. The van der Waals surface area contributed by atoms with E-state index < -0.39 is 0 Å².